The van der Waals surface area contributed by atoms with Crippen LogP contribution in [0.3, 0.4) is 0 Å². The van der Waals surface area contributed by atoms with Gasteiger partial charge in [0.25, 0.3) is 0 Å². The van der Waals surface area contributed by atoms with Gasteiger partial charge in [-0.25, -0.2) is 0 Å². The van der Waals surface area contributed by atoms with Gasteiger partial charge in [-0.1, -0.05) is 37.3 Å². The lowest BCUT2D eigenvalue weighted by atomic mass is 9.77. The fourth-order valence-electron chi connectivity index (χ4n) is 6.29. The molecule has 0 bridgehead atoms. The number of piperidine rings is 2. The number of aliphatic hydroxyl groups is 1. The Bertz CT molecular complexity index is 901. The van der Waals surface area contributed by atoms with Crippen LogP contribution in [-0.2, 0) is 9.59 Å². The van der Waals surface area contributed by atoms with E-state index in [9.17, 15) is 14.7 Å². The number of ether oxygens (including phenoxy) is 1. The summed E-state index contributed by atoms with van der Waals surface area (Å²) in [5.41, 5.74) is 1.52. The van der Waals surface area contributed by atoms with Crippen molar-refractivity contribution in [2.24, 2.45) is 11.3 Å². The maximum Gasteiger partial charge on any atom is 0.223 e. The zero-order valence-corrected chi connectivity index (χ0v) is 22.8. The van der Waals surface area contributed by atoms with Crippen molar-refractivity contribution in [2.75, 3.05) is 32.8 Å². The van der Waals surface area contributed by atoms with Gasteiger partial charge in [0, 0.05) is 49.5 Å². The van der Waals surface area contributed by atoms with Crippen LogP contribution in [0.4, 0.5) is 0 Å². The SMILES string of the molecule is Cc1cc(OC[C@@]2(CC(=O)N3CCC(O)CC3)CCCN(C(=O)CCC3CCCC3)C2)cc(C)c1Cl. The van der Waals surface area contributed by atoms with Gasteiger partial charge in [0.2, 0.25) is 11.8 Å². The Labute approximate surface area is 221 Å². The van der Waals surface area contributed by atoms with Crippen LogP contribution in [0.2, 0.25) is 5.02 Å². The largest absolute Gasteiger partial charge is 0.493 e. The zero-order valence-electron chi connectivity index (χ0n) is 22.1. The van der Waals surface area contributed by atoms with E-state index in [-0.39, 0.29) is 17.9 Å². The molecule has 0 spiro atoms. The third kappa shape index (κ3) is 6.95. The maximum atomic E-state index is 13.4. The number of rotatable bonds is 8. The van der Waals surface area contributed by atoms with E-state index in [4.69, 9.17) is 16.3 Å². The van der Waals surface area contributed by atoms with E-state index in [0.29, 0.717) is 57.8 Å². The highest BCUT2D eigenvalue weighted by molar-refractivity contribution is 6.32. The molecule has 4 rings (SSSR count). The second-order valence-corrected chi connectivity index (χ2v) is 11.9. The summed E-state index contributed by atoms with van der Waals surface area (Å²) in [5.74, 6) is 1.78. The van der Waals surface area contributed by atoms with E-state index in [1.54, 1.807) is 0 Å². The summed E-state index contributed by atoms with van der Waals surface area (Å²) in [4.78, 5) is 30.5. The van der Waals surface area contributed by atoms with Crippen molar-refractivity contribution >= 4 is 23.4 Å². The topological polar surface area (TPSA) is 70.1 Å². The van der Waals surface area contributed by atoms with Crippen LogP contribution in [0.5, 0.6) is 5.75 Å². The molecule has 200 valence electrons. The Morgan fingerprint density at radius 1 is 1.00 bits per heavy atom. The third-order valence-electron chi connectivity index (χ3n) is 8.55. The third-order valence-corrected chi connectivity index (χ3v) is 9.15. The van der Waals surface area contributed by atoms with E-state index in [1.165, 1.54) is 25.7 Å². The van der Waals surface area contributed by atoms with Crippen molar-refractivity contribution in [2.45, 2.75) is 90.6 Å². The molecular weight excluding hydrogens is 476 g/mol. The van der Waals surface area contributed by atoms with E-state index in [2.05, 4.69) is 0 Å². The lowest BCUT2D eigenvalue weighted by molar-refractivity contribution is -0.142. The zero-order chi connectivity index (χ0) is 25.7. The summed E-state index contributed by atoms with van der Waals surface area (Å²) >= 11 is 6.35. The smallest absolute Gasteiger partial charge is 0.223 e. The molecule has 1 aliphatic carbocycles. The van der Waals surface area contributed by atoms with E-state index in [0.717, 1.165) is 47.7 Å². The normalized spacial score (nSPS) is 23.8. The molecule has 3 aliphatic rings. The minimum absolute atomic E-state index is 0.106. The number of aliphatic hydroxyl groups excluding tert-OH is 1. The molecule has 2 aliphatic heterocycles. The Balaban J connectivity index is 1.46. The summed E-state index contributed by atoms with van der Waals surface area (Å²) in [6, 6.07) is 3.90. The van der Waals surface area contributed by atoms with E-state index in [1.807, 2.05) is 35.8 Å². The van der Waals surface area contributed by atoms with Gasteiger partial charge in [-0.2, -0.15) is 0 Å². The second kappa shape index (κ2) is 12.2. The number of hydrogen-bond donors (Lipinski definition) is 1. The minimum Gasteiger partial charge on any atom is -0.493 e. The van der Waals surface area contributed by atoms with Crippen LogP contribution in [0.25, 0.3) is 0 Å². The number of hydrogen-bond acceptors (Lipinski definition) is 4. The van der Waals surface area contributed by atoms with Gasteiger partial charge in [0.05, 0.1) is 12.7 Å². The molecule has 0 radical (unpaired) electrons. The second-order valence-electron chi connectivity index (χ2n) is 11.6. The average Bonchev–Trinajstić information content (AvgIpc) is 3.39. The molecule has 3 fully saturated rings. The summed E-state index contributed by atoms with van der Waals surface area (Å²) in [6.45, 7) is 6.84. The van der Waals surface area contributed by atoms with Gasteiger partial charge in [0.15, 0.2) is 0 Å². The molecule has 0 aromatic heterocycles. The number of benzene rings is 1. The van der Waals surface area contributed by atoms with Crippen LogP contribution >= 0.6 is 11.6 Å². The predicted octanol–water partition coefficient (Wildman–Crippen LogP) is 5.29. The molecule has 1 aromatic carbocycles. The Kier molecular flexibility index (Phi) is 9.21. The molecule has 2 saturated heterocycles. The van der Waals surface area contributed by atoms with Crippen molar-refractivity contribution in [3.05, 3.63) is 28.3 Å². The summed E-state index contributed by atoms with van der Waals surface area (Å²) in [6.07, 6.45) is 9.72. The van der Waals surface area contributed by atoms with Gasteiger partial charge in [-0.15, -0.1) is 0 Å². The van der Waals surface area contributed by atoms with E-state index >= 15 is 0 Å². The number of aryl methyl sites for hydroxylation is 2. The van der Waals surface area contributed by atoms with Crippen LogP contribution < -0.4 is 4.74 Å². The molecule has 36 heavy (non-hydrogen) atoms. The fraction of sp³-hybridized carbons (Fsp3) is 0.724. The number of halogens is 1. The molecule has 2 amide bonds. The highest BCUT2D eigenvalue weighted by Gasteiger charge is 2.41. The Morgan fingerprint density at radius 2 is 1.67 bits per heavy atom. The van der Waals surface area contributed by atoms with E-state index < -0.39 is 5.41 Å². The molecule has 0 unspecified atom stereocenters. The van der Waals surface area contributed by atoms with Crippen molar-refractivity contribution in [3.63, 3.8) is 0 Å². The Morgan fingerprint density at radius 3 is 2.33 bits per heavy atom. The van der Waals surface area contributed by atoms with Gasteiger partial charge in [0.1, 0.15) is 5.75 Å². The molecule has 2 heterocycles. The quantitative estimate of drug-likeness (QED) is 0.507. The monoisotopic (exact) mass is 518 g/mol. The highest BCUT2D eigenvalue weighted by Crippen LogP contribution is 2.37. The standard InChI is InChI=1S/C29H43ClN2O4/c1-21-16-25(17-22(2)28(21)30)36-20-29(18-27(35)31-14-10-24(33)11-15-31)12-5-13-32(19-29)26(34)9-8-23-6-3-4-7-23/h16-17,23-24,33H,3-15,18-20H2,1-2H3/t29-/m1/s1. The average molecular weight is 519 g/mol. The predicted molar refractivity (Wildman–Crippen MR) is 142 cm³/mol. The van der Waals surface area contributed by atoms with Crippen molar-refractivity contribution in [3.8, 4) is 5.75 Å². The number of carbonyl (C=O) groups excluding carboxylic acids is 2. The molecule has 1 aromatic rings. The molecular formula is C29H43ClN2O4. The molecule has 1 N–H and O–H groups in total. The number of likely N-dealkylation sites (tertiary alicyclic amines) is 2. The first-order valence-electron chi connectivity index (χ1n) is 13.9. The summed E-state index contributed by atoms with van der Waals surface area (Å²) in [5, 5.41) is 10.6. The first-order valence-corrected chi connectivity index (χ1v) is 14.3. The van der Waals surface area contributed by atoms with Gasteiger partial charge >= 0.3 is 0 Å². The van der Waals surface area contributed by atoms with Crippen molar-refractivity contribution in [1.29, 1.82) is 0 Å². The number of amides is 2. The lowest BCUT2D eigenvalue weighted by Gasteiger charge is -2.43. The van der Waals surface area contributed by atoms with Gasteiger partial charge < -0.3 is 19.6 Å². The van der Waals surface area contributed by atoms with Crippen LogP contribution in [0, 0.1) is 25.2 Å². The van der Waals surface area contributed by atoms with Crippen molar-refractivity contribution in [1.82, 2.24) is 9.80 Å². The molecule has 6 nitrogen and oxygen atoms in total. The molecule has 7 heteroatoms. The first-order chi connectivity index (χ1) is 17.2. The van der Waals surface area contributed by atoms with Gasteiger partial charge in [-0.3, -0.25) is 9.59 Å². The number of nitrogens with zero attached hydrogens (tertiary/aromatic N) is 2. The van der Waals surface area contributed by atoms with Crippen LogP contribution in [-0.4, -0.2) is 65.6 Å². The number of carbonyl (C=O) groups is 2. The molecule has 1 atom stereocenters. The van der Waals surface area contributed by atoms with Crippen molar-refractivity contribution < 1.29 is 19.4 Å². The lowest BCUT2D eigenvalue weighted by Crippen LogP contribution is -2.51. The van der Waals surface area contributed by atoms with Gasteiger partial charge in [-0.05, 0) is 75.1 Å². The van der Waals surface area contributed by atoms with Crippen LogP contribution in [0.15, 0.2) is 12.1 Å². The first kappa shape index (κ1) is 27.3. The molecule has 1 saturated carbocycles. The minimum atomic E-state index is -0.421. The summed E-state index contributed by atoms with van der Waals surface area (Å²) in [7, 11) is 0. The maximum absolute atomic E-state index is 13.4. The summed E-state index contributed by atoms with van der Waals surface area (Å²) < 4.78 is 6.33. The highest BCUT2D eigenvalue weighted by atomic mass is 35.5. The van der Waals surface area contributed by atoms with Crippen LogP contribution in [0.1, 0.15) is 81.8 Å². The Hall–Kier alpha value is -1.79. The fourth-order valence-corrected chi connectivity index (χ4v) is 6.40.